The molecule has 2 aromatic rings. The summed E-state index contributed by atoms with van der Waals surface area (Å²) in [7, 11) is 0. The van der Waals surface area contributed by atoms with E-state index in [1.165, 1.54) is 6.21 Å². The van der Waals surface area contributed by atoms with E-state index in [4.69, 9.17) is 9.57 Å². The van der Waals surface area contributed by atoms with Crippen LogP contribution in [0.25, 0.3) is 0 Å². The molecule has 0 saturated carbocycles. The van der Waals surface area contributed by atoms with Gasteiger partial charge in [0, 0.05) is 12.1 Å². The Kier molecular flexibility index (Phi) is 7.21. The summed E-state index contributed by atoms with van der Waals surface area (Å²) in [5.41, 5.74) is 3.98. The molecule has 0 aliphatic heterocycles. The summed E-state index contributed by atoms with van der Waals surface area (Å²) in [4.78, 5) is 19.0. The molecule has 0 atom stereocenters. The van der Waals surface area contributed by atoms with Crippen molar-refractivity contribution >= 4 is 17.8 Å². The first-order chi connectivity index (χ1) is 12.6. The van der Waals surface area contributed by atoms with Gasteiger partial charge in [-0.15, -0.1) is 0 Å². The highest BCUT2D eigenvalue weighted by Gasteiger charge is 2.16. The molecule has 5 heteroatoms. The van der Waals surface area contributed by atoms with Crippen molar-refractivity contribution in [2.45, 2.75) is 34.3 Å². The molecule has 0 aliphatic rings. The van der Waals surface area contributed by atoms with Crippen molar-refractivity contribution in [1.82, 2.24) is 0 Å². The molecular weight excluding hydrogens is 328 g/mol. The van der Waals surface area contributed by atoms with Crippen LogP contribution in [0.4, 0.5) is 5.69 Å². The monoisotopic (exact) mass is 354 g/mol. The second-order valence-corrected chi connectivity index (χ2v) is 5.92. The van der Waals surface area contributed by atoms with E-state index in [0.29, 0.717) is 19.8 Å². The van der Waals surface area contributed by atoms with E-state index < -0.39 is 0 Å². The second-order valence-electron chi connectivity index (χ2n) is 5.92. The smallest absolute Gasteiger partial charge is 0.272 e. The van der Waals surface area contributed by atoms with Gasteiger partial charge in [-0.25, -0.2) is 0 Å². The van der Waals surface area contributed by atoms with E-state index in [9.17, 15) is 4.79 Å². The molecule has 5 nitrogen and oxygen atoms in total. The predicted octanol–water partition coefficient (Wildman–Crippen LogP) is 4.26. The number of anilines is 1. The number of aryl methyl sites for hydroxylation is 2. The summed E-state index contributed by atoms with van der Waals surface area (Å²) < 4.78 is 6.02. The number of hydrogen-bond acceptors (Lipinski definition) is 4. The topological polar surface area (TPSA) is 51.1 Å². The van der Waals surface area contributed by atoms with Crippen LogP contribution >= 0.6 is 0 Å². The van der Waals surface area contributed by atoms with Crippen LogP contribution in [0.5, 0.6) is 5.75 Å². The van der Waals surface area contributed by atoms with Crippen LogP contribution in [0.3, 0.4) is 0 Å². The van der Waals surface area contributed by atoms with Gasteiger partial charge in [0.05, 0.1) is 5.69 Å². The highest BCUT2D eigenvalue weighted by atomic mass is 16.6. The molecule has 1 amide bonds. The van der Waals surface area contributed by atoms with Crippen molar-refractivity contribution in [2.75, 3.05) is 18.1 Å². The van der Waals surface area contributed by atoms with Crippen LogP contribution in [0.15, 0.2) is 47.6 Å². The van der Waals surface area contributed by atoms with E-state index in [1.54, 1.807) is 4.90 Å². The van der Waals surface area contributed by atoms with Crippen molar-refractivity contribution in [3.8, 4) is 5.75 Å². The molecule has 0 aromatic heterocycles. The number of hydrogen-bond donors (Lipinski definition) is 0. The number of amides is 1. The van der Waals surface area contributed by atoms with E-state index in [2.05, 4.69) is 11.2 Å². The highest BCUT2D eigenvalue weighted by molar-refractivity contribution is 6.32. The normalized spacial score (nSPS) is 10.8. The number of carbonyl (C=O) groups is 1. The number of para-hydroxylation sites is 1. The van der Waals surface area contributed by atoms with Gasteiger partial charge in [-0.1, -0.05) is 35.5 Å². The first-order valence-electron chi connectivity index (χ1n) is 8.81. The Morgan fingerprint density at radius 3 is 2.65 bits per heavy atom. The fourth-order valence-electron chi connectivity index (χ4n) is 2.59. The molecule has 0 radical (unpaired) electrons. The first kappa shape index (κ1) is 19.5. The average Bonchev–Trinajstić information content (AvgIpc) is 2.64. The van der Waals surface area contributed by atoms with Gasteiger partial charge < -0.3 is 14.5 Å². The van der Waals surface area contributed by atoms with Crippen molar-refractivity contribution < 1.29 is 14.4 Å². The number of nitrogens with zero attached hydrogens (tertiary/aromatic N) is 2. The fourth-order valence-corrected chi connectivity index (χ4v) is 2.59. The maximum atomic E-state index is 12.4. The van der Waals surface area contributed by atoms with E-state index in [0.717, 1.165) is 28.1 Å². The van der Waals surface area contributed by atoms with Crippen molar-refractivity contribution in [1.29, 1.82) is 0 Å². The lowest BCUT2D eigenvalue weighted by Crippen LogP contribution is -2.32. The fraction of sp³-hybridized carbons (Fsp3) is 0.333. The van der Waals surface area contributed by atoms with Crippen molar-refractivity contribution in [3.05, 3.63) is 59.2 Å². The lowest BCUT2D eigenvalue weighted by atomic mass is 10.1. The second kappa shape index (κ2) is 9.61. The van der Waals surface area contributed by atoms with Crippen LogP contribution in [0, 0.1) is 13.8 Å². The summed E-state index contributed by atoms with van der Waals surface area (Å²) in [5, 5.41) is 3.68. The van der Waals surface area contributed by atoms with Gasteiger partial charge in [-0.05, 0) is 51.0 Å². The minimum absolute atomic E-state index is 0.222. The molecule has 0 heterocycles. The Labute approximate surface area is 155 Å². The maximum absolute atomic E-state index is 12.4. The number of carbonyl (C=O) groups excluding carboxylic acids is 1. The molecular formula is C21H26N2O3. The van der Waals surface area contributed by atoms with E-state index >= 15 is 0 Å². The molecule has 2 rings (SSSR count). The van der Waals surface area contributed by atoms with Gasteiger partial charge in [0.2, 0.25) is 0 Å². The Balaban J connectivity index is 2.20. The Morgan fingerprint density at radius 1 is 1.15 bits per heavy atom. The minimum Gasteiger partial charge on any atom is -0.489 e. The standard InChI is InChI=1S/C21H26N2O3/c1-5-23(21(24)14-22-26-6-2)19-10-8-7-9-18(19)15-25-20-13-16(3)11-12-17(20)4/h7-14H,5-6,15H2,1-4H3. The summed E-state index contributed by atoms with van der Waals surface area (Å²) in [6.07, 6.45) is 1.20. The molecule has 0 bridgehead atoms. The SMILES string of the molecule is CCON=CC(=O)N(CC)c1ccccc1COc1cc(C)ccc1C. The van der Waals surface area contributed by atoms with Gasteiger partial charge in [0.1, 0.15) is 25.2 Å². The molecule has 0 fully saturated rings. The third-order valence-electron chi connectivity index (χ3n) is 3.96. The quantitative estimate of drug-likeness (QED) is 0.526. The van der Waals surface area contributed by atoms with Gasteiger partial charge in [-0.3, -0.25) is 4.79 Å². The van der Waals surface area contributed by atoms with Gasteiger partial charge >= 0.3 is 0 Å². The molecule has 0 unspecified atom stereocenters. The summed E-state index contributed by atoms with van der Waals surface area (Å²) in [6.45, 7) is 9.14. The van der Waals surface area contributed by atoms with Crippen LogP contribution in [-0.2, 0) is 16.2 Å². The van der Waals surface area contributed by atoms with Crippen molar-refractivity contribution in [2.24, 2.45) is 5.16 Å². The Hall–Kier alpha value is -2.82. The van der Waals surface area contributed by atoms with Crippen LogP contribution in [-0.4, -0.2) is 25.3 Å². The van der Waals surface area contributed by atoms with Crippen LogP contribution in [0.1, 0.15) is 30.5 Å². The zero-order valence-corrected chi connectivity index (χ0v) is 15.9. The maximum Gasteiger partial charge on any atom is 0.272 e. The number of rotatable bonds is 8. The Bertz CT molecular complexity index is 772. The zero-order chi connectivity index (χ0) is 18.9. The lowest BCUT2D eigenvalue weighted by molar-refractivity contribution is -0.112. The van der Waals surface area contributed by atoms with E-state index in [1.807, 2.05) is 64.1 Å². The number of benzene rings is 2. The molecule has 0 N–H and O–H groups in total. The molecule has 0 saturated heterocycles. The Morgan fingerprint density at radius 2 is 1.92 bits per heavy atom. The zero-order valence-electron chi connectivity index (χ0n) is 15.9. The first-order valence-corrected chi connectivity index (χ1v) is 8.81. The summed E-state index contributed by atoms with van der Waals surface area (Å²) in [5.74, 6) is 0.632. The summed E-state index contributed by atoms with van der Waals surface area (Å²) >= 11 is 0. The summed E-state index contributed by atoms with van der Waals surface area (Å²) in [6, 6.07) is 13.9. The molecule has 0 spiro atoms. The molecule has 0 aliphatic carbocycles. The molecule has 26 heavy (non-hydrogen) atoms. The minimum atomic E-state index is -0.222. The van der Waals surface area contributed by atoms with Crippen molar-refractivity contribution in [3.63, 3.8) is 0 Å². The average molecular weight is 354 g/mol. The van der Waals surface area contributed by atoms with Gasteiger partial charge in [0.25, 0.3) is 5.91 Å². The highest BCUT2D eigenvalue weighted by Crippen LogP contribution is 2.25. The molecule has 2 aromatic carbocycles. The third kappa shape index (κ3) is 5.09. The number of ether oxygens (including phenoxy) is 1. The third-order valence-corrected chi connectivity index (χ3v) is 3.96. The lowest BCUT2D eigenvalue weighted by Gasteiger charge is -2.22. The largest absolute Gasteiger partial charge is 0.489 e. The van der Waals surface area contributed by atoms with E-state index in [-0.39, 0.29) is 5.91 Å². The number of oxime groups is 1. The van der Waals surface area contributed by atoms with Gasteiger partial charge in [-0.2, -0.15) is 0 Å². The van der Waals surface area contributed by atoms with Crippen LogP contribution in [0.2, 0.25) is 0 Å². The molecule has 138 valence electrons. The predicted molar refractivity (Wildman–Crippen MR) is 105 cm³/mol. The van der Waals surface area contributed by atoms with Crippen LogP contribution < -0.4 is 9.64 Å². The van der Waals surface area contributed by atoms with Gasteiger partial charge in [0.15, 0.2) is 0 Å².